The van der Waals surface area contributed by atoms with Crippen molar-refractivity contribution in [3.8, 4) is 17.3 Å². The molecule has 1 N–H and O–H groups in total. The van der Waals surface area contributed by atoms with E-state index in [1.807, 2.05) is 73.0 Å². The molecule has 0 aliphatic heterocycles. The number of thioether (sulfide) groups is 1. The zero-order chi connectivity index (χ0) is 20.9. The number of hydrogen-bond acceptors (Lipinski definition) is 5. The number of nitrogens with zero attached hydrogens (tertiary/aromatic N) is 3. The molecule has 30 heavy (non-hydrogen) atoms. The Bertz CT molecular complexity index is 1210. The summed E-state index contributed by atoms with van der Waals surface area (Å²) in [7, 11) is 0. The summed E-state index contributed by atoms with van der Waals surface area (Å²) in [6.07, 6.45) is 1.83. The predicted molar refractivity (Wildman–Crippen MR) is 121 cm³/mol. The van der Waals surface area contributed by atoms with Gasteiger partial charge in [-0.2, -0.15) is 5.26 Å². The molecule has 0 atom stereocenters. The highest BCUT2D eigenvalue weighted by atomic mass is 32.2. The number of hydrogen-bond donors (Lipinski definition) is 1. The molecule has 0 bridgehead atoms. The molecule has 0 fully saturated rings. The van der Waals surface area contributed by atoms with Crippen LogP contribution in [0, 0.1) is 11.3 Å². The van der Waals surface area contributed by atoms with E-state index in [0.717, 1.165) is 22.6 Å². The third-order valence-electron chi connectivity index (χ3n) is 4.63. The average Bonchev–Trinajstić information content (AvgIpc) is 2.80. The highest BCUT2D eigenvalue weighted by Crippen LogP contribution is 2.35. The van der Waals surface area contributed by atoms with Gasteiger partial charge in [-0.1, -0.05) is 60.3 Å². The summed E-state index contributed by atoms with van der Waals surface area (Å²) >= 11 is 1.33. The third-order valence-corrected chi connectivity index (χ3v) is 5.21. The predicted octanol–water partition coefficient (Wildman–Crippen LogP) is 5.50. The lowest BCUT2D eigenvalue weighted by molar-refractivity contribution is 0.937. The maximum Gasteiger partial charge on any atom is 0.270 e. The highest BCUT2D eigenvalue weighted by molar-refractivity contribution is 7.98. The Kier molecular flexibility index (Phi) is 5.64. The van der Waals surface area contributed by atoms with Crippen molar-refractivity contribution in [1.82, 2.24) is 9.97 Å². The highest BCUT2D eigenvalue weighted by Gasteiger charge is 2.15. The zero-order valence-electron chi connectivity index (χ0n) is 16.2. The number of aromatic amines is 1. The van der Waals surface area contributed by atoms with Crippen LogP contribution in [0.4, 0.5) is 17.1 Å². The molecule has 6 heteroatoms. The molecule has 5 nitrogen and oxygen atoms in total. The minimum absolute atomic E-state index is 0.0172. The van der Waals surface area contributed by atoms with E-state index in [1.165, 1.54) is 11.8 Å². The van der Waals surface area contributed by atoms with Gasteiger partial charge in [0, 0.05) is 22.6 Å². The number of rotatable bonds is 5. The maximum atomic E-state index is 12.2. The standard InChI is InChI=1S/C24H18N4OS/c1-30-24-26-22(21(16-25)23(29)27-24)17-12-14-20(15-13-17)28(18-8-4-2-5-9-18)19-10-6-3-7-11-19/h2-15H,1H3,(H,26,27,29). The van der Waals surface area contributed by atoms with Gasteiger partial charge in [-0.25, -0.2) is 4.98 Å². The van der Waals surface area contributed by atoms with Crippen molar-refractivity contribution in [3.63, 3.8) is 0 Å². The summed E-state index contributed by atoms with van der Waals surface area (Å²) < 4.78 is 0. The largest absolute Gasteiger partial charge is 0.311 e. The maximum absolute atomic E-state index is 12.2. The number of benzene rings is 3. The van der Waals surface area contributed by atoms with Gasteiger partial charge in [-0.05, 0) is 42.7 Å². The fourth-order valence-corrected chi connectivity index (χ4v) is 3.61. The fraction of sp³-hybridized carbons (Fsp3) is 0.0417. The number of nitrogens with one attached hydrogen (secondary N) is 1. The first-order valence-electron chi connectivity index (χ1n) is 9.30. The van der Waals surface area contributed by atoms with E-state index in [4.69, 9.17) is 0 Å². The van der Waals surface area contributed by atoms with Gasteiger partial charge in [0.25, 0.3) is 5.56 Å². The van der Waals surface area contributed by atoms with Crippen molar-refractivity contribution in [3.05, 3.63) is 101 Å². The number of anilines is 3. The molecule has 0 radical (unpaired) electrons. The van der Waals surface area contributed by atoms with Gasteiger partial charge in [-0.15, -0.1) is 0 Å². The molecule has 0 unspecified atom stereocenters. The van der Waals surface area contributed by atoms with E-state index < -0.39 is 5.56 Å². The van der Waals surface area contributed by atoms with Crippen molar-refractivity contribution < 1.29 is 0 Å². The van der Waals surface area contributed by atoms with Gasteiger partial charge in [0.05, 0.1) is 5.69 Å². The summed E-state index contributed by atoms with van der Waals surface area (Å²) in [5.74, 6) is 0. The Morgan fingerprint density at radius 1 is 0.867 bits per heavy atom. The lowest BCUT2D eigenvalue weighted by Crippen LogP contribution is -2.14. The number of para-hydroxylation sites is 2. The first-order chi connectivity index (χ1) is 14.7. The summed E-state index contributed by atoms with van der Waals surface area (Å²) in [6.45, 7) is 0. The quantitative estimate of drug-likeness (QED) is 0.347. The van der Waals surface area contributed by atoms with E-state index in [0.29, 0.717) is 10.9 Å². The van der Waals surface area contributed by atoms with Gasteiger partial charge in [0.15, 0.2) is 5.16 Å². The smallest absolute Gasteiger partial charge is 0.270 e. The van der Waals surface area contributed by atoms with Crippen LogP contribution in [0.3, 0.4) is 0 Å². The minimum atomic E-state index is -0.425. The van der Waals surface area contributed by atoms with Crippen LogP contribution in [0.15, 0.2) is 94.9 Å². The van der Waals surface area contributed by atoms with Crippen molar-refractivity contribution in [2.24, 2.45) is 0 Å². The monoisotopic (exact) mass is 410 g/mol. The molecule has 4 aromatic rings. The van der Waals surface area contributed by atoms with E-state index in [1.54, 1.807) is 0 Å². The van der Waals surface area contributed by atoms with Crippen LogP contribution < -0.4 is 10.5 Å². The average molecular weight is 411 g/mol. The van der Waals surface area contributed by atoms with Crippen LogP contribution in [0.5, 0.6) is 0 Å². The number of nitriles is 1. The molecule has 0 saturated carbocycles. The van der Waals surface area contributed by atoms with Crippen LogP contribution in [0.25, 0.3) is 11.3 Å². The summed E-state index contributed by atoms with van der Waals surface area (Å²) in [5, 5.41) is 9.92. The molecule has 4 rings (SSSR count). The lowest BCUT2D eigenvalue weighted by Gasteiger charge is -2.25. The van der Waals surface area contributed by atoms with Crippen LogP contribution in [0.2, 0.25) is 0 Å². The molecule has 0 amide bonds. The molecule has 0 aliphatic carbocycles. The van der Waals surface area contributed by atoms with Gasteiger partial charge in [0.1, 0.15) is 11.6 Å². The second-order valence-corrected chi connectivity index (χ2v) is 7.26. The van der Waals surface area contributed by atoms with Crippen molar-refractivity contribution >= 4 is 28.8 Å². The summed E-state index contributed by atoms with van der Waals surface area (Å²) in [6, 6.07) is 29.9. The Morgan fingerprint density at radius 2 is 1.40 bits per heavy atom. The van der Waals surface area contributed by atoms with Gasteiger partial charge >= 0.3 is 0 Å². The molecular formula is C24H18N4OS. The molecular weight excluding hydrogens is 392 g/mol. The molecule has 1 aromatic heterocycles. The minimum Gasteiger partial charge on any atom is -0.311 e. The number of H-pyrrole nitrogens is 1. The topological polar surface area (TPSA) is 72.8 Å². The van der Waals surface area contributed by atoms with Crippen LogP contribution in [-0.2, 0) is 0 Å². The molecule has 3 aromatic carbocycles. The fourth-order valence-electron chi connectivity index (χ4n) is 3.23. The second kappa shape index (κ2) is 8.68. The van der Waals surface area contributed by atoms with Crippen LogP contribution in [-0.4, -0.2) is 16.2 Å². The second-order valence-electron chi connectivity index (χ2n) is 6.46. The van der Waals surface area contributed by atoms with Crippen LogP contribution in [0.1, 0.15) is 5.56 Å². The zero-order valence-corrected chi connectivity index (χ0v) is 17.1. The molecule has 0 saturated heterocycles. The SMILES string of the molecule is CSc1nc(-c2ccc(N(c3ccccc3)c3ccccc3)cc2)c(C#N)c(=O)[nH]1. The Morgan fingerprint density at radius 3 is 1.90 bits per heavy atom. The van der Waals surface area contributed by atoms with Crippen molar-refractivity contribution in [2.75, 3.05) is 11.2 Å². The Labute approximate surface area is 178 Å². The van der Waals surface area contributed by atoms with Crippen molar-refractivity contribution in [2.45, 2.75) is 5.16 Å². The first-order valence-corrected chi connectivity index (χ1v) is 10.5. The molecule has 0 spiro atoms. The third kappa shape index (κ3) is 3.84. The van der Waals surface area contributed by atoms with Crippen LogP contribution >= 0.6 is 11.8 Å². The van der Waals surface area contributed by atoms with Gasteiger partial charge < -0.3 is 9.88 Å². The molecule has 0 aliphatic rings. The Balaban J connectivity index is 1.80. The Hall–Kier alpha value is -3.82. The number of aromatic nitrogens is 2. The van der Waals surface area contributed by atoms with Gasteiger partial charge in [-0.3, -0.25) is 4.79 Å². The summed E-state index contributed by atoms with van der Waals surface area (Å²) in [4.78, 5) is 21.5. The van der Waals surface area contributed by atoms with E-state index in [2.05, 4.69) is 39.1 Å². The van der Waals surface area contributed by atoms with E-state index in [9.17, 15) is 10.1 Å². The molecule has 146 valence electrons. The lowest BCUT2D eigenvalue weighted by atomic mass is 10.1. The normalized spacial score (nSPS) is 10.4. The van der Waals surface area contributed by atoms with E-state index in [-0.39, 0.29) is 5.56 Å². The van der Waals surface area contributed by atoms with E-state index >= 15 is 0 Å². The van der Waals surface area contributed by atoms with Crippen molar-refractivity contribution in [1.29, 1.82) is 5.26 Å². The first kappa shape index (κ1) is 19.5. The summed E-state index contributed by atoms with van der Waals surface area (Å²) in [5.41, 5.74) is 3.74. The molecule has 1 heterocycles. The van der Waals surface area contributed by atoms with Gasteiger partial charge in [0.2, 0.25) is 0 Å².